The van der Waals surface area contributed by atoms with Crippen molar-refractivity contribution in [2.75, 3.05) is 13.2 Å². The van der Waals surface area contributed by atoms with Crippen LogP contribution in [-0.4, -0.2) is 19.2 Å². The van der Waals surface area contributed by atoms with Gasteiger partial charge in [-0.15, -0.1) is 0 Å². The minimum atomic E-state index is -0.536. The van der Waals surface area contributed by atoms with Crippen LogP contribution in [0.3, 0.4) is 0 Å². The van der Waals surface area contributed by atoms with Crippen LogP contribution >= 0.6 is 0 Å². The molecule has 0 saturated heterocycles. The van der Waals surface area contributed by atoms with Crippen molar-refractivity contribution in [3.8, 4) is 0 Å². The second-order valence-corrected chi connectivity index (χ2v) is 1.94. The lowest BCUT2D eigenvalue weighted by atomic mass is 10.5. The Morgan fingerprint density at radius 3 is 2.38 bits per heavy atom. The summed E-state index contributed by atoms with van der Waals surface area (Å²) in [6.07, 6.45) is 2.35. The first-order valence-electron chi connectivity index (χ1n) is 4.02. The predicted octanol–water partition coefficient (Wildman–Crippen LogP) is 1.59. The summed E-state index contributed by atoms with van der Waals surface area (Å²) < 4.78 is 14.4. The van der Waals surface area contributed by atoms with E-state index in [1.807, 2.05) is 0 Å². The Labute approximate surface area is 77.8 Å². The highest BCUT2D eigenvalue weighted by Gasteiger charge is 2.11. The first-order valence-corrected chi connectivity index (χ1v) is 4.02. The van der Waals surface area contributed by atoms with Crippen LogP contribution in [0.25, 0.3) is 0 Å². The smallest absolute Gasteiger partial charge is 0.376 e. The molecule has 13 heavy (non-hydrogen) atoms. The highest BCUT2D eigenvalue weighted by Crippen LogP contribution is 2.01. The number of hydrogen-bond donors (Lipinski definition) is 0. The molecule has 0 atom stereocenters. The van der Waals surface area contributed by atoms with Gasteiger partial charge in [-0.25, -0.2) is 4.79 Å². The van der Waals surface area contributed by atoms with Crippen molar-refractivity contribution < 1.29 is 19.0 Å². The summed E-state index contributed by atoms with van der Waals surface area (Å²) in [5.41, 5.74) is 0. The van der Waals surface area contributed by atoms with Gasteiger partial charge in [0.05, 0.1) is 19.5 Å². The molecular weight excluding hydrogens is 172 g/mol. The molecule has 0 heterocycles. The molecule has 0 fully saturated rings. The fourth-order valence-electron chi connectivity index (χ4n) is 0.609. The van der Waals surface area contributed by atoms with Gasteiger partial charge >= 0.3 is 5.97 Å². The Morgan fingerprint density at radius 1 is 1.31 bits per heavy atom. The Balaban J connectivity index is 4.21. The number of carbonyl (C=O) groups is 1. The van der Waals surface area contributed by atoms with E-state index in [4.69, 9.17) is 14.2 Å². The quantitative estimate of drug-likeness (QED) is 0.359. The zero-order valence-electron chi connectivity index (χ0n) is 7.91. The monoisotopic (exact) mass is 186 g/mol. The molecule has 0 amide bonds. The lowest BCUT2D eigenvalue weighted by Gasteiger charge is -2.06. The van der Waals surface area contributed by atoms with E-state index >= 15 is 0 Å². The maximum absolute atomic E-state index is 11.1. The average molecular weight is 186 g/mol. The molecule has 0 aromatic rings. The zero-order valence-corrected chi connectivity index (χ0v) is 7.91. The molecular formula is C9H14O4. The molecule has 0 rings (SSSR count). The van der Waals surface area contributed by atoms with Crippen LogP contribution in [0.2, 0.25) is 0 Å². The summed E-state index contributed by atoms with van der Waals surface area (Å²) in [4.78, 5) is 11.1. The second-order valence-electron chi connectivity index (χ2n) is 1.94. The number of ether oxygens (including phenoxy) is 3. The van der Waals surface area contributed by atoms with Crippen LogP contribution in [-0.2, 0) is 19.0 Å². The van der Waals surface area contributed by atoms with E-state index in [1.54, 1.807) is 13.8 Å². The zero-order chi connectivity index (χ0) is 10.1. The molecule has 0 aromatic heterocycles. The van der Waals surface area contributed by atoms with Crippen molar-refractivity contribution in [2.45, 2.75) is 13.8 Å². The van der Waals surface area contributed by atoms with E-state index in [0.29, 0.717) is 13.2 Å². The Hall–Kier alpha value is -1.45. The Kier molecular flexibility index (Phi) is 6.41. The van der Waals surface area contributed by atoms with Gasteiger partial charge in [-0.3, -0.25) is 0 Å². The summed E-state index contributed by atoms with van der Waals surface area (Å²) in [6.45, 7) is 7.49. The van der Waals surface area contributed by atoms with E-state index in [9.17, 15) is 4.79 Å². The van der Waals surface area contributed by atoms with Crippen molar-refractivity contribution >= 4 is 5.97 Å². The molecule has 4 nitrogen and oxygen atoms in total. The third-order valence-electron chi connectivity index (χ3n) is 1.05. The van der Waals surface area contributed by atoms with Crippen LogP contribution < -0.4 is 0 Å². The predicted molar refractivity (Wildman–Crippen MR) is 47.6 cm³/mol. The summed E-state index contributed by atoms with van der Waals surface area (Å²) in [6, 6.07) is 0. The van der Waals surface area contributed by atoms with Gasteiger partial charge in [0.15, 0.2) is 0 Å². The van der Waals surface area contributed by atoms with Crippen molar-refractivity contribution in [1.82, 2.24) is 0 Å². The van der Waals surface area contributed by atoms with Crippen LogP contribution in [0.15, 0.2) is 24.9 Å². The molecule has 0 aliphatic heterocycles. The third kappa shape index (κ3) is 4.90. The number of esters is 1. The van der Waals surface area contributed by atoms with E-state index < -0.39 is 5.97 Å². The van der Waals surface area contributed by atoms with E-state index in [2.05, 4.69) is 6.58 Å². The molecule has 0 unspecified atom stereocenters. The highest BCUT2D eigenvalue weighted by atomic mass is 16.6. The Bertz CT molecular complexity index is 196. The van der Waals surface area contributed by atoms with Gasteiger partial charge in [0.1, 0.15) is 6.26 Å². The van der Waals surface area contributed by atoms with E-state index in [0.717, 1.165) is 6.26 Å². The summed E-state index contributed by atoms with van der Waals surface area (Å²) in [5, 5.41) is 0. The number of carbonyl (C=O) groups excluding carboxylic acids is 1. The molecule has 74 valence electrons. The minimum Gasteiger partial charge on any atom is -0.485 e. The van der Waals surface area contributed by atoms with Gasteiger partial charge in [0.2, 0.25) is 5.76 Å². The van der Waals surface area contributed by atoms with Gasteiger partial charge in [-0.05, 0) is 13.8 Å². The number of hydrogen-bond acceptors (Lipinski definition) is 4. The fourth-order valence-corrected chi connectivity index (χ4v) is 0.609. The first-order chi connectivity index (χ1) is 6.26. The molecule has 0 bridgehead atoms. The van der Waals surface area contributed by atoms with Gasteiger partial charge in [-0.2, -0.15) is 0 Å². The molecule has 4 heteroatoms. The number of rotatable bonds is 6. The second kappa shape index (κ2) is 7.21. The molecule has 0 radical (unpaired) electrons. The maximum Gasteiger partial charge on any atom is 0.376 e. The highest BCUT2D eigenvalue weighted by molar-refractivity contribution is 5.85. The van der Waals surface area contributed by atoms with Crippen molar-refractivity contribution in [3.05, 3.63) is 24.9 Å². The van der Waals surface area contributed by atoms with Gasteiger partial charge < -0.3 is 14.2 Å². The largest absolute Gasteiger partial charge is 0.485 e. The third-order valence-corrected chi connectivity index (χ3v) is 1.05. The van der Waals surface area contributed by atoms with Crippen molar-refractivity contribution in [3.63, 3.8) is 0 Å². The molecule has 0 aliphatic carbocycles. The summed E-state index contributed by atoms with van der Waals surface area (Å²) >= 11 is 0. The van der Waals surface area contributed by atoms with E-state index in [1.165, 1.54) is 6.26 Å². The van der Waals surface area contributed by atoms with E-state index in [-0.39, 0.29) is 5.76 Å². The standard InChI is InChI=1S/C9H14O4/c1-4-11-7-8(12-5-2)9(10)13-6-3/h4,7H,1,5-6H2,2-3H3/b8-7-. The molecule has 0 spiro atoms. The maximum atomic E-state index is 11.1. The Morgan fingerprint density at radius 2 is 1.92 bits per heavy atom. The molecule has 0 saturated carbocycles. The van der Waals surface area contributed by atoms with Crippen molar-refractivity contribution in [2.24, 2.45) is 0 Å². The van der Waals surface area contributed by atoms with Crippen molar-refractivity contribution in [1.29, 1.82) is 0 Å². The van der Waals surface area contributed by atoms with Crippen LogP contribution in [0.4, 0.5) is 0 Å². The molecule has 0 aliphatic rings. The average Bonchev–Trinajstić information content (AvgIpc) is 2.12. The van der Waals surface area contributed by atoms with Crippen LogP contribution in [0, 0.1) is 0 Å². The fraction of sp³-hybridized carbons (Fsp3) is 0.444. The van der Waals surface area contributed by atoms with Gasteiger partial charge in [0.25, 0.3) is 0 Å². The molecule has 0 aromatic carbocycles. The first kappa shape index (κ1) is 11.6. The minimum absolute atomic E-state index is 0.0456. The summed E-state index contributed by atoms with van der Waals surface area (Å²) in [7, 11) is 0. The van der Waals surface area contributed by atoms with Crippen LogP contribution in [0.5, 0.6) is 0 Å². The normalized spacial score (nSPS) is 10.5. The summed E-state index contributed by atoms with van der Waals surface area (Å²) in [5.74, 6) is -0.490. The lowest BCUT2D eigenvalue weighted by molar-refractivity contribution is -0.142. The molecule has 0 N–H and O–H groups in total. The topological polar surface area (TPSA) is 44.8 Å². The SMILES string of the molecule is C=CO/C=C(\OCC)C(=O)OCC. The van der Waals surface area contributed by atoms with Gasteiger partial charge in [-0.1, -0.05) is 6.58 Å². The lowest BCUT2D eigenvalue weighted by Crippen LogP contribution is -2.10. The van der Waals surface area contributed by atoms with Gasteiger partial charge in [0, 0.05) is 0 Å². The van der Waals surface area contributed by atoms with Crippen LogP contribution in [0.1, 0.15) is 13.8 Å².